The molecule has 0 amide bonds. The highest BCUT2D eigenvalue weighted by Gasteiger charge is 2.28. The lowest BCUT2D eigenvalue weighted by molar-refractivity contribution is 0.191. The van der Waals surface area contributed by atoms with Crippen molar-refractivity contribution in [3.8, 4) is 11.5 Å². The number of nitrogens with one attached hydrogen (secondary N) is 2. The molecule has 0 aliphatic carbocycles. The summed E-state index contributed by atoms with van der Waals surface area (Å²) >= 11 is 0. The van der Waals surface area contributed by atoms with Crippen LogP contribution in [-0.2, 0) is 0 Å². The molecule has 1 fully saturated rings. The van der Waals surface area contributed by atoms with E-state index in [1.165, 1.54) is 6.20 Å². The predicted octanol–water partition coefficient (Wildman–Crippen LogP) is -0.750. The van der Waals surface area contributed by atoms with E-state index in [0.717, 1.165) is 0 Å². The van der Waals surface area contributed by atoms with E-state index in [-0.39, 0.29) is 12.1 Å². The molecule has 0 radical (unpaired) electrons. The van der Waals surface area contributed by atoms with Crippen molar-refractivity contribution in [3.05, 3.63) is 12.1 Å². The van der Waals surface area contributed by atoms with Crippen LogP contribution in [0.15, 0.2) is 10.7 Å². The van der Waals surface area contributed by atoms with Gasteiger partial charge in [-0.3, -0.25) is 0 Å². The second-order valence-corrected chi connectivity index (χ2v) is 3.66. The molecule has 3 rings (SSSR count). The van der Waals surface area contributed by atoms with Crippen molar-refractivity contribution >= 4 is 0 Å². The first-order valence-electron chi connectivity index (χ1n) is 4.94. The van der Waals surface area contributed by atoms with Crippen molar-refractivity contribution in [1.29, 1.82) is 0 Å². The molecule has 3 heterocycles. The smallest absolute Gasteiger partial charge is 0.244 e. The van der Waals surface area contributed by atoms with E-state index in [1.54, 1.807) is 0 Å². The van der Waals surface area contributed by atoms with Crippen LogP contribution in [0.2, 0.25) is 0 Å². The molecule has 8 nitrogen and oxygen atoms in total. The fraction of sp³-hybridized carbons (Fsp3) is 0.500. The van der Waals surface area contributed by atoms with Crippen LogP contribution in [0.3, 0.4) is 0 Å². The molecule has 0 spiro atoms. The molecule has 0 saturated carbocycles. The molecular formula is C8H10N6O2. The second-order valence-electron chi connectivity index (χ2n) is 3.66. The Morgan fingerprint density at radius 1 is 1.50 bits per heavy atom. The van der Waals surface area contributed by atoms with Gasteiger partial charge in [-0.2, -0.15) is 20.4 Å². The maximum Gasteiger partial charge on any atom is 0.244 e. The van der Waals surface area contributed by atoms with Crippen molar-refractivity contribution in [2.45, 2.75) is 18.6 Å². The minimum absolute atomic E-state index is 0.0804. The number of aromatic amines is 1. The zero-order valence-corrected chi connectivity index (χ0v) is 8.29. The third kappa shape index (κ3) is 1.57. The summed E-state index contributed by atoms with van der Waals surface area (Å²) < 4.78 is 5.10. The van der Waals surface area contributed by atoms with Gasteiger partial charge in [-0.15, -0.1) is 0 Å². The summed E-state index contributed by atoms with van der Waals surface area (Å²) in [7, 11) is 0. The minimum atomic E-state index is -0.354. The highest BCUT2D eigenvalue weighted by Crippen LogP contribution is 2.23. The minimum Gasteiger partial charge on any atom is -0.392 e. The molecule has 0 aromatic carbocycles. The maximum atomic E-state index is 9.37. The third-order valence-electron chi connectivity index (χ3n) is 2.49. The normalized spacial score (nSPS) is 25.1. The van der Waals surface area contributed by atoms with Crippen LogP contribution in [-0.4, -0.2) is 43.3 Å². The highest BCUT2D eigenvalue weighted by molar-refractivity contribution is 5.44. The maximum absolute atomic E-state index is 9.37. The molecule has 16 heavy (non-hydrogen) atoms. The molecule has 2 aromatic rings. The van der Waals surface area contributed by atoms with Crippen molar-refractivity contribution in [3.63, 3.8) is 0 Å². The molecule has 0 bridgehead atoms. The molecule has 1 aliphatic heterocycles. The molecule has 3 N–H and O–H groups in total. The van der Waals surface area contributed by atoms with Crippen LogP contribution in [0.25, 0.3) is 11.5 Å². The van der Waals surface area contributed by atoms with E-state index >= 15 is 0 Å². The Balaban J connectivity index is 1.83. The van der Waals surface area contributed by atoms with E-state index in [4.69, 9.17) is 4.52 Å². The molecule has 84 valence electrons. The largest absolute Gasteiger partial charge is 0.392 e. The molecule has 2 aromatic heterocycles. The number of aliphatic hydroxyl groups is 1. The van der Waals surface area contributed by atoms with Gasteiger partial charge in [0.25, 0.3) is 0 Å². The number of nitrogens with zero attached hydrogens (tertiary/aromatic N) is 4. The first kappa shape index (κ1) is 9.43. The lowest BCUT2D eigenvalue weighted by Gasteiger charge is -2.01. The van der Waals surface area contributed by atoms with Crippen molar-refractivity contribution in [2.75, 3.05) is 6.54 Å². The lowest BCUT2D eigenvalue weighted by atomic mass is 10.2. The quantitative estimate of drug-likeness (QED) is 0.612. The Bertz CT molecular complexity index is 467. The third-order valence-corrected chi connectivity index (χ3v) is 2.49. The lowest BCUT2D eigenvalue weighted by Crippen LogP contribution is -2.15. The van der Waals surface area contributed by atoms with Gasteiger partial charge in [-0.25, -0.2) is 0 Å². The van der Waals surface area contributed by atoms with Gasteiger partial charge in [0.15, 0.2) is 5.69 Å². The van der Waals surface area contributed by atoms with Crippen LogP contribution >= 0.6 is 0 Å². The van der Waals surface area contributed by atoms with Crippen molar-refractivity contribution in [1.82, 2.24) is 30.9 Å². The van der Waals surface area contributed by atoms with Crippen LogP contribution in [0.1, 0.15) is 18.4 Å². The Labute approximate surface area is 90.1 Å². The molecule has 2 atom stereocenters. The summed E-state index contributed by atoms with van der Waals surface area (Å²) in [4.78, 5) is 4.20. The Kier molecular flexibility index (Phi) is 2.15. The zero-order valence-electron chi connectivity index (χ0n) is 8.29. The summed E-state index contributed by atoms with van der Waals surface area (Å²) in [5, 5.41) is 26.3. The summed E-state index contributed by atoms with van der Waals surface area (Å²) in [6.07, 6.45) is 1.75. The number of rotatable bonds is 2. The Morgan fingerprint density at radius 2 is 2.44 bits per heavy atom. The Morgan fingerprint density at radius 3 is 3.12 bits per heavy atom. The van der Waals surface area contributed by atoms with E-state index in [9.17, 15) is 5.11 Å². The van der Waals surface area contributed by atoms with Crippen LogP contribution in [0.5, 0.6) is 0 Å². The fourth-order valence-electron chi connectivity index (χ4n) is 1.70. The van der Waals surface area contributed by atoms with Gasteiger partial charge in [0.2, 0.25) is 11.7 Å². The summed E-state index contributed by atoms with van der Waals surface area (Å²) in [6, 6.07) is -0.0804. The average Bonchev–Trinajstić information content (AvgIpc) is 2.97. The molecule has 0 unspecified atom stereocenters. The van der Waals surface area contributed by atoms with Gasteiger partial charge < -0.3 is 14.9 Å². The van der Waals surface area contributed by atoms with E-state index in [1.807, 2.05) is 0 Å². The van der Waals surface area contributed by atoms with Crippen molar-refractivity contribution < 1.29 is 9.63 Å². The molecule has 1 saturated heterocycles. The molecular weight excluding hydrogens is 212 g/mol. The average molecular weight is 222 g/mol. The summed E-state index contributed by atoms with van der Waals surface area (Å²) in [6.45, 7) is 0.548. The standard InChI is InChI=1S/C8H10N6O2/c15-4-1-5(9-2-4)8-11-7(13-16-8)6-3-10-14-12-6/h3-5,9,15H,1-2H2,(H,10,12,14)/t4-,5+/m1/s1. The van der Waals surface area contributed by atoms with Gasteiger partial charge in [0.1, 0.15) is 0 Å². The highest BCUT2D eigenvalue weighted by atomic mass is 16.5. The topological polar surface area (TPSA) is 113 Å². The summed E-state index contributed by atoms with van der Waals surface area (Å²) in [5.74, 6) is 0.862. The summed E-state index contributed by atoms with van der Waals surface area (Å²) in [5.41, 5.74) is 0.536. The first-order chi connectivity index (χ1) is 7.83. The number of hydrogen-bond acceptors (Lipinski definition) is 7. The molecule has 1 aliphatic rings. The zero-order chi connectivity index (χ0) is 11.0. The molecule has 8 heteroatoms. The monoisotopic (exact) mass is 222 g/mol. The second kappa shape index (κ2) is 3.65. The van der Waals surface area contributed by atoms with Crippen LogP contribution in [0, 0.1) is 0 Å². The van der Waals surface area contributed by atoms with Gasteiger partial charge in [0, 0.05) is 6.54 Å². The van der Waals surface area contributed by atoms with E-state index < -0.39 is 0 Å². The number of hydrogen-bond donors (Lipinski definition) is 3. The van der Waals surface area contributed by atoms with E-state index in [0.29, 0.717) is 30.4 Å². The SMILES string of the molecule is O[C@H]1CN[C@H](c2nc(-c3cn[nH]n3)no2)C1. The number of H-pyrrole nitrogens is 1. The Hall–Kier alpha value is -1.80. The van der Waals surface area contributed by atoms with Gasteiger partial charge in [0.05, 0.1) is 18.3 Å². The van der Waals surface area contributed by atoms with Crippen molar-refractivity contribution in [2.24, 2.45) is 0 Å². The number of aliphatic hydroxyl groups excluding tert-OH is 1. The predicted molar refractivity (Wildman–Crippen MR) is 51.0 cm³/mol. The van der Waals surface area contributed by atoms with Crippen LogP contribution < -0.4 is 5.32 Å². The van der Waals surface area contributed by atoms with Gasteiger partial charge in [-0.05, 0) is 6.42 Å². The fourth-order valence-corrected chi connectivity index (χ4v) is 1.70. The first-order valence-corrected chi connectivity index (χ1v) is 4.94. The van der Waals surface area contributed by atoms with Gasteiger partial charge >= 0.3 is 0 Å². The van der Waals surface area contributed by atoms with E-state index in [2.05, 4.69) is 30.9 Å². The number of aromatic nitrogens is 5. The van der Waals surface area contributed by atoms with Gasteiger partial charge in [-0.1, -0.05) is 5.16 Å². The van der Waals surface area contributed by atoms with Crippen LogP contribution in [0.4, 0.5) is 0 Å². The number of β-amino-alcohol motifs (C(OH)–C–C–N with tert-alkyl or cyclic N) is 1.